The second-order valence-electron chi connectivity index (χ2n) is 5.56. The molecule has 0 radical (unpaired) electrons. The fourth-order valence-corrected chi connectivity index (χ4v) is 2.74. The molecule has 0 spiro atoms. The molecule has 0 amide bonds. The number of hydrogen-bond donors (Lipinski definition) is 1. The van der Waals surface area contributed by atoms with E-state index in [1.807, 2.05) is 48.5 Å². The maximum Gasteiger partial charge on any atom is 0.346 e. The molecule has 0 fully saturated rings. The van der Waals surface area contributed by atoms with Gasteiger partial charge in [-0.3, -0.25) is 4.68 Å². The molecule has 0 aliphatic carbocycles. The minimum atomic E-state index is -1.27. The second-order valence-corrected chi connectivity index (χ2v) is 5.97. The van der Waals surface area contributed by atoms with E-state index in [2.05, 4.69) is 5.10 Å². The Balaban J connectivity index is 2.08. The first-order valence-corrected chi connectivity index (χ1v) is 8.17. The van der Waals surface area contributed by atoms with Gasteiger partial charge in [-0.05, 0) is 17.7 Å². The number of aromatic nitrogens is 2. The zero-order chi connectivity index (χ0) is 18.5. The summed E-state index contributed by atoms with van der Waals surface area (Å²) in [5.74, 6) is -1.27. The van der Waals surface area contributed by atoms with Crippen LogP contribution < -0.4 is 0 Å². The number of carboxylic acid groups (broad SMARTS) is 1. The molecule has 1 aromatic heterocycles. The lowest BCUT2D eigenvalue weighted by Gasteiger charge is -2.04. The van der Waals surface area contributed by atoms with Crippen LogP contribution in [0.15, 0.2) is 66.4 Å². The molecule has 1 heterocycles. The highest BCUT2D eigenvalue weighted by Crippen LogP contribution is 2.25. The fraction of sp³-hybridized carbons (Fsp3) is 0.0500. The predicted molar refractivity (Wildman–Crippen MR) is 99.4 cm³/mol. The van der Waals surface area contributed by atoms with Crippen LogP contribution in [0.3, 0.4) is 0 Å². The Hall–Kier alpha value is -3.36. The highest BCUT2D eigenvalue weighted by molar-refractivity contribution is 6.31. The molecule has 0 bridgehead atoms. The molecule has 2 aromatic carbocycles. The van der Waals surface area contributed by atoms with Gasteiger partial charge in [0.1, 0.15) is 11.6 Å². The average Bonchev–Trinajstić information content (AvgIpc) is 3.04. The molecule has 0 unspecified atom stereocenters. The second kappa shape index (κ2) is 7.68. The van der Waals surface area contributed by atoms with Gasteiger partial charge in [0, 0.05) is 22.3 Å². The van der Waals surface area contributed by atoms with Gasteiger partial charge < -0.3 is 5.11 Å². The predicted octanol–water partition coefficient (Wildman–Crippen LogP) is 4.24. The van der Waals surface area contributed by atoms with Crippen molar-refractivity contribution in [3.05, 3.63) is 82.5 Å². The molecule has 0 aliphatic rings. The van der Waals surface area contributed by atoms with Crippen molar-refractivity contribution >= 4 is 23.6 Å². The topological polar surface area (TPSA) is 78.9 Å². The highest BCUT2D eigenvalue weighted by atomic mass is 35.5. The van der Waals surface area contributed by atoms with Crippen molar-refractivity contribution < 1.29 is 9.90 Å². The summed E-state index contributed by atoms with van der Waals surface area (Å²) >= 11 is 6.21. The lowest BCUT2D eigenvalue weighted by molar-refractivity contribution is -0.132. The third-order valence-electron chi connectivity index (χ3n) is 3.78. The molecular weight excluding hydrogens is 350 g/mol. The number of hydrogen-bond acceptors (Lipinski definition) is 3. The number of nitriles is 1. The van der Waals surface area contributed by atoms with E-state index in [1.165, 1.54) is 6.08 Å². The van der Waals surface area contributed by atoms with Crippen molar-refractivity contribution in [1.29, 1.82) is 5.26 Å². The summed E-state index contributed by atoms with van der Waals surface area (Å²) in [6.45, 7) is 0.433. The van der Waals surface area contributed by atoms with E-state index in [0.717, 1.165) is 11.1 Å². The van der Waals surface area contributed by atoms with Crippen LogP contribution in [-0.2, 0) is 11.3 Å². The van der Waals surface area contributed by atoms with Gasteiger partial charge in [-0.25, -0.2) is 4.79 Å². The van der Waals surface area contributed by atoms with Gasteiger partial charge in [0.25, 0.3) is 0 Å². The zero-order valence-corrected chi connectivity index (χ0v) is 14.4. The summed E-state index contributed by atoms with van der Waals surface area (Å²) in [5, 5.41) is 23.4. The standard InChI is InChI=1S/C20H14ClN3O2/c21-18-9-5-4-8-15(18)12-24-13-17(10-16(11-22)20(25)26)19(23-24)14-6-2-1-3-7-14/h1-10,13H,12H2,(H,25,26)/b16-10+. The molecule has 26 heavy (non-hydrogen) atoms. The van der Waals surface area contributed by atoms with E-state index in [0.29, 0.717) is 22.8 Å². The number of carboxylic acids is 1. The van der Waals surface area contributed by atoms with Crippen LogP contribution in [0, 0.1) is 11.3 Å². The number of nitrogens with zero attached hydrogens (tertiary/aromatic N) is 3. The SMILES string of the molecule is N#C/C(=C\c1cn(Cc2ccccc2Cl)nc1-c1ccccc1)C(=O)O. The molecule has 3 aromatic rings. The van der Waals surface area contributed by atoms with Gasteiger partial charge in [-0.1, -0.05) is 60.1 Å². The summed E-state index contributed by atoms with van der Waals surface area (Å²) in [7, 11) is 0. The Morgan fingerprint density at radius 3 is 2.54 bits per heavy atom. The molecule has 128 valence electrons. The molecule has 5 nitrogen and oxygen atoms in total. The minimum Gasteiger partial charge on any atom is -0.477 e. The smallest absolute Gasteiger partial charge is 0.346 e. The Morgan fingerprint density at radius 2 is 1.88 bits per heavy atom. The van der Waals surface area contributed by atoms with Gasteiger partial charge in [0.15, 0.2) is 0 Å². The number of carbonyl (C=O) groups is 1. The van der Waals surface area contributed by atoms with Crippen LogP contribution in [0.1, 0.15) is 11.1 Å². The number of benzene rings is 2. The van der Waals surface area contributed by atoms with E-state index in [1.54, 1.807) is 23.0 Å². The number of aliphatic carboxylic acids is 1. The first-order valence-electron chi connectivity index (χ1n) is 7.80. The van der Waals surface area contributed by atoms with E-state index < -0.39 is 5.97 Å². The quantitative estimate of drug-likeness (QED) is 0.543. The third-order valence-corrected chi connectivity index (χ3v) is 4.15. The largest absolute Gasteiger partial charge is 0.477 e. The fourth-order valence-electron chi connectivity index (χ4n) is 2.54. The summed E-state index contributed by atoms with van der Waals surface area (Å²) in [4.78, 5) is 11.2. The normalized spacial score (nSPS) is 11.2. The van der Waals surface area contributed by atoms with Gasteiger partial charge in [0.2, 0.25) is 0 Å². The molecule has 0 atom stereocenters. The monoisotopic (exact) mass is 363 g/mol. The summed E-state index contributed by atoms with van der Waals surface area (Å²) < 4.78 is 1.69. The summed E-state index contributed by atoms with van der Waals surface area (Å²) in [6, 6.07) is 18.5. The first kappa shape index (κ1) is 17.5. The molecule has 3 rings (SSSR count). The zero-order valence-electron chi connectivity index (χ0n) is 13.6. The maximum atomic E-state index is 11.2. The Kier molecular flexibility index (Phi) is 5.16. The summed E-state index contributed by atoms with van der Waals surface area (Å²) in [5.41, 5.74) is 2.54. The molecule has 0 saturated carbocycles. The number of halogens is 1. The molecule has 6 heteroatoms. The van der Waals surface area contributed by atoms with Crippen LogP contribution in [-0.4, -0.2) is 20.9 Å². The van der Waals surface area contributed by atoms with Crippen LogP contribution >= 0.6 is 11.6 Å². The number of rotatable bonds is 5. The molecular formula is C20H14ClN3O2. The Labute approximate surface area is 155 Å². The Morgan fingerprint density at radius 1 is 1.19 bits per heavy atom. The molecule has 1 N–H and O–H groups in total. The van der Waals surface area contributed by atoms with Gasteiger partial charge in [-0.2, -0.15) is 10.4 Å². The lowest BCUT2D eigenvalue weighted by atomic mass is 10.1. The Bertz CT molecular complexity index is 1020. The van der Waals surface area contributed by atoms with Crippen molar-refractivity contribution in [3.63, 3.8) is 0 Å². The lowest BCUT2D eigenvalue weighted by Crippen LogP contribution is -2.00. The van der Waals surface area contributed by atoms with Crippen molar-refractivity contribution in [3.8, 4) is 17.3 Å². The van der Waals surface area contributed by atoms with Crippen LogP contribution in [0.2, 0.25) is 5.02 Å². The molecule has 0 saturated heterocycles. The van der Waals surface area contributed by atoms with E-state index >= 15 is 0 Å². The van der Waals surface area contributed by atoms with E-state index in [-0.39, 0.29) is 5.57 Å². The maximum absolute atomic E-state index is 11.2. The van der Waals surface area contributed by atoms with E-state index in [9.17, 15) is 4.79 Å². The third kappa shape index (κ3) is 3.82. The van der Waals surface area contributed by atoms with Gasteiger partial charge in [-0.15, -0.1) is 0 Å². The van der Waals surface area contributed by atoms with Crippen molar-refractivity contribution in [2.24, 2.45) is 0 Å². The van der Waals surface area contributed by atoms with Crippen LogP contribution in [0.25, 0.3) is 17.3 Å². The van der Waals surface area contributed by atoms with Crippen LogP contribution in [0.5, 0.6) is 0 Å². The molecule has 0 aliphatic heterocycles. The van der Waals surface area contributed by atoms with Gasteiger partial charge >= 0.3 is 5.97 Å². The first-order chi connectivity index (χ1) is 12.6. The van der Waals surface area contributed by atoms with Crippen molar-refractivity contribution in [2.75, 3.05) is 0 Å². The van der Waals surface area contributed by atoms with Gasteiger partial charge in [0.05, 0.1) is 12.2 Å². The average molecular weight is 364 g/mol. The van der Waals surface area contributed by atoms with Crippen LogP contribution in [0.4, 0.5) is 0 Å². The van der Waals surface area contributed by atoms with Crippen molar-refractivity contribution in [2.45, 2.75) is 6.54 Å². The van der Waals surface area contributed by atoms with E-state index in [4.69, 9.17) is 22.0 Å². The van der Waals surface area contributed by atoms with Crippen molar-refractivity contribution in [1.82, 2.24) is 9.78 Å². The highest BCUT2D eigenvalue weighted by Gasteiger charge is 2.14. The minimum absolute atomic E-state index is 0.348. The summed E-state index contributed by atoms with van der Waals surface area (Å²) in [6.07, 6.45) is 3.05.